The van der Waals surface area contributed by atoms with Crippen molar-refractivity contribution in [2.45, 2.75) is 30.3 Å². The van der Waals surface area contributed by atoms with Crippen LogP contribution in [0.3, 0.4) is 0 Å². The fourth-order valence-corrected chi connectivity index (χ4v) is 4.97. The highest BCUT2D eigenvalue weighted by atomic mass is 32.2. The second-order valence-corrected chi connectivity index (χ2v) is 8.17. The number of nitrogens with one attached hydrogen (secondary N) is 1. The van der Waals surface area contributed by atoms with Gasteiger partial charge in [-0.25, -0.2) is 8.42 Å². The normalized spacial score (nSPS) is 22.2. The molecule has 23 heavy (non-hydrogen) atoms. The summed E-state index contributed by atoms with van der Waals surface area (Å²) in [6.07, 6.45) is 1.43. The van der Waals surface area contributed by atoms with Gasteiger partial charge in [0.05, 0.1) is 19.3 Å². The number of ether oxygens (including phenoxy) is 2. The number of hydrogen-bond donors (Lipinski definition) is 1. The molecule has 0 amide bonds. The van der Waals surface area contributed by atoms with E-state index in [0.29, 0.717) is 38.3 Å². The van der Waals surface area contributed by atoms with Crippen molar-refractivity contribution in [3.63, 3.8) is 0 Å². The molecule has 6 nitrogen and oxygen atoms in total. The molecular weight excluding hydrogens is 316 g/mol. The van der Waals surface area contributed by atoms with Gasteiger partial charge in [0.25, 0.3) is 0 Å². The van der Waals surface area contributed by atoms with Crippen LogP contribution in [-0.4, -0.2) is 58.2 Å². The molecule has 1 aromatic rings. The van der Waals surface area contributed by atoms with E-state index in [1.165, 1.54) is 7.11 Å². The van der Waals surface area contributed by atoms with Crippen LogP contribution in [0.2, 0.25) is 0 Å². The summed E-state index contributed by atoms with van der Waals surface area (Å²) in [6.45, 7) is 5.19. The number of nitrogens with zero attached hydrogens (tertiary/aromatic N) is 1. The number of sulfonamides is 1. The minimum atomic E-state index is -3.55. The Bertz CT molecular complexity index is 659. The molecule has 0 atom stereocenters. The lowest BCUT2D eigenvalue weighted by Crippen LogP contribution is -2.56. The van der Waals surface area contributed by atoms with Gasteiger partial charge in [0.1, 0.15) is 10.6 Å². The topological polar surface area (TPSA) is 67.9 Å². The lowest BCUT2D eigenvalue weighted by molar-refractivity contribution is -0.0915. The average molecular weight is 340 g/mol. The van der Waals surface area contributed by atoms with Gasteiger partial charge in [-0.1, -0.05) is 6.07 Å². The van der Waals surface area contributed by atoms with Gasteiger partial charge in [-0.05, 0) is 37.5 Å². The van der Waals surface area contributed by atoms with Crippen LogP contribution in [0.1, 0.15) is 18.4 Å². The van der Waals surface area contributed by atoms with E-state index in [4.69, 9.17) is 9.47 Å². The van der Waals surface area contributed by atoms with Gasteiger partial charge in [0.15, 0.2) is 0 Å². The summed E-state index contributed by atoms with van der Waals surface area (Å²) in [5.41, 5.74) is 0.693. The van der Waals surface area contributed by atoms with Gasteiger partial charge >= 0.3 is 0 Å². The number of rotatable bonds is 3. The predicted octanol–water partition coefficient (Wildman–Crippen LogP) is 1.15. The van der Waals surface area contributed by atoms with E-state index in [2.05, 4.69) is 5.32 Å². The van der Waals surface area contributed by atoms with Crippen LogP contribution in [0.25, 0.3) is 0 Å². The van der Waals surface area contributed by atoms with Crippen molar-refractivity contribution in [2.75, 3.05) is 39.9 Å². The van der Waals surface area contributed by atoms with E-state index in [1.807, 2.05) is 13.0 Å². The summed E-state index contributed by atoms with van der Waals surface area (Å²) in [4.78, 5) is 0.249. The van der Waals surface area contributed by atoms with E-state index in [0.717, 1.165) is 18.7 Å². The van der Waals surface area contributed by atoms with E-state index in [1.54, 1.807) is 16.4 Å². The van der Waals surface area contributed by atoms with Crippen molar-refractivity contribution in [1.82, 2.24) is 9.62 Å². The Balaban J connectivity index is 1.80. The second kappa shape index (κ2) is 6.39. The zero-order valence-electron chi connectivity index (χ0n) is 13.7. The van der Waals surface area contributed by atoms with Crippen LogP contribution in [0, 0.1) is 6.92 Å². The van der Waals surface area contributed by atoms with Gasteiger partial charge in [-0.3, -0.25) is 0 Å². The molecule has 2 aliphatic rings. The summed E-state index contributed by atoms with van der Waals surface area (Å²) in [6, 6.07) is 5.24. The molecule has 0 aliphatic carbocycles. The summed E-state index contributed by atoms with van der Waals surface area (Å²) in [5.74, 6) is 0.395. The van der Waals surface area contributed by atoms with Crippen molar-refractivity contribution < 1.29 is 17.9 Å². The molecule has 1 aromatic carbocycles. The number of piperidine rings is 1. The summed E-state index contributed by atoms with van der Waals surface area (Å²) in [5, 5.41) is 3.34. The van der Waals surface area contributed by atoms with Crippen LogP contribution < -0.4 is 10.1 Å². The highest BCUT2D eigenvalue weighted by molar-refractivity contribution is 7.89. The van der Waals surface area contributed by atoms with Crippen molar-refractivity contribution >= 4 is 10.0 Å². The molecule has 2 aliphatic heterocycles. The lowest BCUT2D eigenvalue weighted by Gasteiger charge is -2.43. The fourth-order valence-electron chi connectivity index (χ4n) is 3.29. The molecule has 2 saturated heterocycles. The van der Waals surface area contributed by atoms with Crippen molar-refractivity contribution in [3.8, 4) is 5.75 Å². The van der Waals surface area contributed by atoms with Crippen LogP contribution in [0.4, 0.5) is 0 Å². The first-order valence-electron chi connectivity index (χ1n) is 7.96. The monoisotopic (exact) mass is 340 g/mol. The van der Waals surface area contributed by atoms with Crippen LogP contribution in [0.15, 0.2) is 23.1 Å². The van der Waals surface area contributed by atoms with Gasteiger partial charge in [-0.15, -0.1) is 0 Å². The predicted molar refractivity (Wildman–Crippen MR) is 87.3 cm³/mol. The van der Waals surface area contributed by atoms with Crippen LogP contribution in [-0.2, 0) is 14.8 Å². The van der Waals surface area contributed by atoms with Gasteiger partial charge in [-0.2, -0.15) is 4.31 Å². The molecule has 7 heteroatoms. The number of methoxy groups -OCH3 is 1. The Labute approximate surface area is 137 Å². The third-order valence-electron chi connectivity index (χ3n) is 4.70. The summed E-state index contributed by atoms with van der Waals surface area (Å²) >= 11 is 0. The largest absolute Gasteiger partial charge is 0.495 e. The molecule has 0 aromatic heterocycles. The van der Waals surface area contributed by atoms with E-state index in [-0.39, 0.29) is 10.5 Å². The molecule has 2 heterocycles. The highest BCUT2D eigenvalue weighted by Crippen LogP contribution is 2.33. The number of morpholine rings is 1. The average Bonchev–Trinajstić information content (AvgIpc) is 2.56. The smallest absolute Gasteiger partial charge is 0.246 e. The first-order chi connectivity index (χ1) is 11.0. The standard InChI is InChI=1S/C16H24N2O4S/c1-13-3-4-14(21-2)15(11-13)23(19,20)18-8-5-16(6-9-18)12-17-7-10-22-16/h3-4,11,17H,5-10,12H2,1-2H3. The van der Waals surface area contributed by atoms with E-state index < -0.39 is 10.0 Å². The first-order valence-corrected chi connectivity index (χ1v) is 9.40. The summed E-state index contributed by atoms with van der Waals surface area (Å²) < 4.78 is 38.7. The third-order valence-corrected chi connectivity index (χ3v) is 6.62. The Morgan fingerprint density at radius 1 is 1.30 bits per heavy atom. The number of benzene rings is 1. The van der Waals surface area contributed by atoms with Crippen molar-refractivity contribution in [1.29, 1.82) is 0 Å². The van der Waals surface area contributed by atoms with Gasteiger partial charge in [0.2, 0.25) is 10.0 Å². The number of hydrogen-bond acceptors (Lipinski definition) is 5. The second-order valence-electron chi connectivity index (χ2n) is 6.27. The van der Waals surface area contributed by atoms with Gasteiger partial charge < -0.3 is 14.8 Å². The van der Waals surface area contributed by atoms with E-state index in [9.17, 15) is 8.42 Å². The Kier molecular flexibility index (Phi) is 4.64. The lowest BCUT2D eigenvalue weighted by atomic mass is 9.91. The molecule has 0 unspecified atom stereocenters. The molecule has 128 valence electrons. The Morgan fingerprint density at radius 2 is 2.04 bits per heavy atom. The van der Waals surface area contributed by atoms with Gasteiger partial charge in [0, 0.05) is 26.2 Å². The van der Waals surface area contributed by atoms with Crippen LogP contribution >= 0.6 is 0 Å². The van der Waals surface area contributed by atoms with E-state index >= 15 is 0 Å². The maximum atomic E-state index is 13.0. The Morgan fingerprint density at radius 3 is 2.65 bits per heavy atom. The molecule has 0 saturated carbocycles. The minimum Gasteiger partial charge on any atom is -0.495 e. The molecule has 2 fully saturated rings. The van der Waals surface area contributed by atoms with Crippen LogP contribution in [0.5, 0.6) is 5.75 Å². The summed E-state index contributed by atoms with van der Waals surface area (Å²) in [7, 11) is -2.05. The molecule has 1 N–H and O–H groups in total. The SMILES string of the molecule is COc1ccc(C)cc1S(=O)(=O)N1CCC2(CC1)CNCCO2. The Hall–Kier alpha value is -1.15. The number of aryl methyl sites for hydroxylation is 1. The molecule has 0 radical (unpaired) electrons. The highest BCUT2D eigenvalue weighted by Gasteiger charge is 2.40. The maximum Gasteiger partial charge on any atom is 0.246 e. The molecule has 3 rings (SSSR count). The fraction of sp³-hybridized carbons (Fsp3) is 0.625. The zero-order chi connectivity index (χ0) is 16.5. The molecular formula is C16H24N2O4S. The molecule has 0 bridgehead atoms. The van der Waals surface area contributed by atoms with Crippen molar-refractivity contribution in [2.24, 2.45) is 0 Å². The third kappa shape index (κ3) is 3.24. The molecule has 1 spiro atoms. The first kappa shape index (κ1) is 16.7. The minimum absolute atomic E-state index is 0.207. The quantitative estimate of drug-likeness (QED) is 0.894. The zero-order valence-corrected chi connectivity index (χ0v) is 14.5. The van der Waals surface area contributed by atoms with Crippen molar-refractivity contribution in [3.05, 3.63) is 23.8 Å². The maximum absolute atomic E-state index is 13.0.